The number of ether oxygens (including phenoxy) is 1. The molecule has 5 nitrogen and oxygen atoms in total. The Morgan fingerprint density at radius 3 is 2.34 bits per heavy atom. The average molecular weight is 445 g/mol. The Bertz CT molecular complexity index is 1130. The molecule has 1 aromatic heterocycles. The summed E-state index contributed by atoms with van der Waals surface area (Å²) in [5, 5.41) is 0. The topological polar surface area (TPSA) is 59.5 Å². The summed E-state index contributed by atoms with van der Waals surface area (Å²) in [4.78, 5) is 33.5. The number of hydrogen-bond donors (Lipinski definition) is 0. The second-order valence-electron chi connectivity index (χ2n) is 7.91. The van der Waals surface area contributed by atoms with Crippen molar-refractivity contribution in [2.75, 3.05) is 6.61 Å². The third-order valence-electron chi connectivity index (χ3n) is 4.88. The predicted octanol–water partition coefficient (Wildman–Crippen LogP) is 5.19. The van der Waals surface area contributed by atoms with Crippen LogP contribution < -0.4 is 4.74 Å². The van der Waals surface area contributed by atoms with E-state index >= 15 is 0 Å². The molecule has 32 heavy (non-hydrogen) atoms. The molecule has 2 aromatic carbocycles. The maximum absolute atomic E-state index is 13.4. The number of thioether (sulfide) groups is 1. The van der Waals surface area contributed by atoms with Crippen LogP contribution in [0.1, 0.15) is 25.0 Å². The van der Waals surface area contributed by atoms with Gasteiger partial charge in [-0.25, -0.2) is 0 Å². The van der Waals surface area contributed by atoms with E-state index in [-0.39, 0.29) is 18.4 Å². The maximum Gasteiger partial charge on any atom is 0.268 e. The van der Waals surface area contributed by atoms with Crippen LogP contribution in [-0.4, -0.2) is 28.3 Å². The van der Waals surface area contributed by atoms with Crippen LogP contribution >= 0.6 is 11.8 Å². The molecule has 0 bridgehead atoms. The molecule has 0 radical (unpaired) electrons. The number of rotatable bonds is 8. The predicted molar refractivity (Wildman–Crippen MR) is 126 cm³/mol. The Balaban J connectivity index is 1.67. The first-order chi connectivity index (χ1) is 15.5. The lowest BCUT2D eigenvalue weighted by Crippen LogP contribution is -2.30. The quantitative estimate of drug-likeness (QED) is 0.448. The lowest BCUT2D eigenvalue weighted by Gasteiger charge is -2.15. The highest BCUT2D eigenvalue weighted by molar-refractivity contribution is 8.04. The fraction of sp³-hybridized carbons (Fsp3) is 0.192. The van der Waals surface area contributed by atoms with Crippen molar-refractivity contribution in [1.29, 1.82) is 0 Å². The fourth-order valence-electron chi connectivity index (χ4n) is 3.31. The number of aromatic nitrogens is 1. The summed E-state index contributed by atoms with van der Waals surface area (Å²) in [5.41, 5.74) is 1.92. The third-order valence-corrected chi connectivity index (χ3v) is 5.97. The second kappa shape index (κ2) is 9.83. The number of pyridine rings is 1. The van der Waals surface area contributed by atoms with Gasteiger partial charge in [0.15, 0.2) is 0 Å². The summed E-state index contributed by atoms with van der Waals surface area (Å²) in [6, 6.07) is 20.6. The molecule has 4 rings (SSSR count). The van der Waals surface area contributed by atoms with Gasteiger partial charge in [-0.05, 0) is 47.4 Å². The maximum atomic E-state index is 13.4. The molecule has 0 aliphatic carbocycles. The van der Waals surface area contributed by atoms with Gasteiger partial charge < -0.3 is 4.74 Å². The van der Waals surface area contributed by atoms with E-state index in [2.05, 4.69) is 18.8 Å². The van der Waals surface area contributed by atoms with E-state index in [0.29, 0.717) is 28.6 Å². The zero-order valence-electron chi connectivity index (χ0n) is 18.0. The standard InChI is InChI=1S/C26H24N2O3S/c1-18(2)17-31-21-12-10-20(11-13-21)23-24(32-22-8-4-3-5-9-22)26(30)28(25(23)29)16-19-7-6-14-27-15-19/h3-15,18H,16-17H2,1-2H3. The van der Waals surface area contributed by atoms with Crippen molar-refractivity contribution in [1.82, 2.24) is 9.88 Å². The highest BCUT2D eigenvalue weighted by Gasteiger charge is 2.39. The van der Waals surface area contributed by atoms with Crippen LogP contribution in [-0.2, 0) is 16.1 Å². The van der Waals surface area contributed by atoms with Gasteiger partial charge in [-0.3, -0.25) is 19.5 Å². The Morgan fingerprint density at radius 2 is 1.69 bits per heavy atom. The van der Waals surface area contributed by atoms with E-state index < -0.39 is 0 Å². The minimum absolute atomic E-state index is 0.184. The Hall–Kier alpha value is -3.38. The first-order valence-corrected chi connectivity index (χ1v) is 11.3. The second-order valence-corrected chi connectivity index (χ2v) is 8.99. The van der Waals surface area contributed by atoms with Crippen molar-refractivity contribution < 1.29 is 14.3 Å². The average Bonchev–Trinajstić information content (AvgIpc) is 3.03. The SMILES string of the molecule is CC(C)COc1ccc(C2=C(Sc3ccccc3)C(=O)N(Cc3cccnc3)C2=O)cc1. The molecule has 0 atom stereocenters. The molecule has 1 aliphatic heterocycles. The summed E-state index contributed by atoms with van der Waals surface area (Å²) >= 11 is 1.32. The molecule has 3 aromatic rings. The summed E-state index contributed by atoms with van der Waals surface area (Å²) in [5.74, 6) is 0.571. The van der Waals surface area contributed by atoms with Crippen LogP contribution in [0, 0.1) is 5.92 Å². The zero-order chi connectivity index (χ0) is 22.5. The van der Waals surface area contributed by atoms with Crippen molar-refractivity contribution in [3.05, 3.63) is 95.2 Å². The largest absolute Gasteiger partial charge is 0.493 e. The van der Waals surface area contributed by atoms with Crippen LogP contribution in [0.2, 0.25) is 0 Å². The molecule has 0 saturated heterocycles. The Labute approximate surface area is 192 Å². The minimum atomic E-state index is -0.298. The van der Waals surface area contributed by atoms with Gasteiger partial charge in [0.25, 0.3) is 11.8 Å². The number of carbonyl (C=O) groups excluding carboxylic acids is 2. The number of imide groups is 1. The number of amides is 2. The molecular formula is C26H24N2O3S. The number of benzene rings is 2. The van der Waals surface area contributed by atoms with Gasteiger partial charge in [-0.2, -0.15) is 0 Å². The molecule has 0 spiro atoms. The van der Waals surface area contributed by atoms with E-state index in [1.54, 1.807) is 18.5 Å². The molecule has 162 valence electrons. The highest BCUT2D eigenvalue weighted by Crippen LogP contribution is 2.40. The molecule has 1 aliphatic rings. The van der Waals surface area contributed by atoms with Crippen molar-refractivity contribution in [3.63, 3.8) is 0 Å². The minimum Gasteiger partial charge on any atom is -0.493 e. The van der Waals surface area contributed by atoms with Gasteiger partial charge >= 0.3 is 0 Å². The van der Waals surface area contributed by atoms with Gasteiger partial charge in [0.2, 0.25) is 0 Å². The lowest BCUT2D eigenvalue weighted by atomic mass is 10.1. The summed E-state index contributed by atoms with van der Waals surface area (Å²) < 4.78 is 5.77. The van der Waals surface area contributed by atoms with E-state index in [0.717, 1.165) is 16.2 Å². The Morgan fingerprint density at radius 1 is 0.938 bits per heavy atom. The number of hydrogen-bond acceptors (Lipinski definition) is 5. The first-order valence-electron chi connectivity index (χ1n) is 10.5. The van der Waals surface area contributed by atoms with E-state index in [9.17, 15) is 9.59 Å². The zero-order valence-corrected chi connectivity index (χ0v) is 18.8. The van der Waals surface area contributed by atoms with E-state index in [4.69, 9.17) is 4.74 Å². The molecule has 2 amide bonds. The van der Waals surface area contributed by atoms with Crippen LogP contribution in [0.3, 0.4) is 0 Å². The molecule has 6 heteroatoms. The number of nitrogens with zero attached hydrogens (tertiary/aromatic N) is 2. The molecular weight excluding hydrogens is 420 g/mol. The highest BCUT2D eigenvalue weighted by atomic mass is 32.2. The lowest BCUT2D eigenvalue weighted by molar-refractivity contribution is -0.137. The van der Waals surface area contributed by atoms with Gasteiger partial charge in [0.1, 0.15) is 5.75 Å². The molecule has 0 saturated carbocycles. The van der Waals surface area contributed by atoms with Gasteiger partial charge in [0, 0.05) is 17.3 Å². The van der Waals surface area contributed by atoms with Crippen molar-refractivity contribution in [2.45, 2.75) is 25.3 Å². The first kappa shape index (κ1) is 21.8. The third kappa shape index (κ3) is 4.92. The Kier molecular flexibility index (Phi) is 6.71. The van der Waals surface area contributed by atoms with Gasteiger partial charge in [-0.1, -0.05) is 62.0 Å². The molecule has 0 N–H and O–H groups in total. The molecule has 0 unspecified atom stereocenters. The van der Waals surface area contributed by atoms with Crippen molar-refractivity contribution in [2.24, 2.45) is 5.92 Å². The van der Waals surface area contributed by atoms with Gasteiger partial charge in [0.05, 0.1) is 23.6 Å². The van der Waals surface area contributed by atoms with E-state index in [1.165, 1.54) is 16.7 Å². The monoisotopic (exact) mass is 444 g/mol. The summed E-state index contributed by atoms with van der Waals surface area (Å²) in [7, 11) is 0. The molecule has 2 heterocycles. The van der Waals surface area contributed by atoms with Crippen molar-refractivity contribution >= 4 is 29.1 Å². The molecule has 0 fully saturated rings. The fourth-order valence-corrected chi connectivity index (χ4v) is 4.34. The summed E-state index contributed by atoms with van der Waals surface area (Å²) in [6.45, 7) is 4.98. The normalized spacial score (nSPS) is 13.9. The summed E-state index contributed by atoms with van der Waals surface area (Å²) in [6.07, 6.45) is 3.34. The smallest absolute Gasteiger partial charge is 0.268 e. The van der Waals surface area contributed by atoms with Crippen LogP contribution in [0.15, 0.2) is 88.9 Å². The van der Waals surface area contributed by atoms with Gasteiger partial charge in [-0.15, -0.1) is 0 Å². The number of carbonyl (C=O) groups is 2. The van der Waals surface area contributed by atoms with Crippen molar-refractivity contribution in [3.8, 4) is 5.75 Å². The van der Waals surface area contributed by atoms with Crippen LogP contribution in [0.5, 0.6) is 5.75 Å². The van der Waals surface area contributed by atoms with E-state index in [1.807, 2.05) is 60.7 Å². The van der Waals surface area contributed by atoms with Crippen LogP contribution in [0.4, 0.5) is 0 Å². The van der Waals surface area contributed by atoms with Crippen LogP contribution in [0.25, 0.3) is 5.57 Å².